The normalized spacial score (nSPS) is 12.1. The predicted molar refractivity (Wildman–Crippen MR) is 79.9 cm³/mol. The molecule has 0 saturated heterocycles. The number of nitrogens with zero attached hydrogens (tertiary/aromatic N) is 3. The van der Waals surface area contributed by atoms with Crippen LogP contribution in [0.15, 0.2) is 12.3 Å². The van der Waals surface area contributed by atoms with Crippen molar-refractivity contribution in [3.05, 3.63) is 17.5 Å². The highest BCUT2D eigenvalue weighted by Gasteiger charge is 2.16. The fraction of sp³-hybridized carbons (Fsp3) is 0.385. The Morgan fingerprint density at radius 1 is 1.50 bits per heavy atom. The molecule has 2 N–H and O–H groups in total. The minimum atomic E-state index is -0.985. The van der Waals surface area contributed by atoms with Gasteiger partial charge in [-0.3, -0.25) is 9.59 Å². The van der Waals surface area contributed by atoms with Crippen LogP contribution in [0.1, 0.15) is 13.3 Å². The maximum atomic E-state index is 11.3. The van der Waals surface area contributed by atoms with Gasteiger partial charge in [-0.1, -0.05) is 0 Å². The van der Waals surface area contributed by atoms with Crippen LogP contribution >= 0.6 is 11.6 Å². The highest BCUT2D eigenvalue weighted by Crippen LogP contribution is 2.24. The van der Waals surface area contributed by atoms with Crippen molar-refractivity contribution >= 4 is 40.4 Å². The van der Waals surface area contributed by atoms with Crippen molar-refractivity contribution in [3.63, 3.8) is 0 Å². The van der Waals surface area contributed by atoms with Crippen LogP contribution in [0.2, 0.25) is 5.28 Å². The number of carbonyl (C=O) groups excluding carboxylic acids is 1. The molecule has 0 saturated carbocycles. The Kier molecular flexibility index (Phi) is 4.81. The van der Waals surface area contributed by atoms with E-state index in [1.54, 1.807) is 19.2 Å². The summed E-state index contributed by atoms with van der Waals surface area (Å²) in [6.45, 7) is 1.55. The van der Waals surface area contributed by atoms with Gasteiger partial charge in [0.15, 0.2) is 5.82 Å². The molecule has 118 valence electrons. The third-order valence-electron chi connectivity index (χ3n) is 2.97. The molecule has 0 spiro atoms. The van der Waals surface area contributed by atoms with Gasteiger partial charge in [0.25, 0.3) is 0 Å². The minimum absolute atomic E-state index is 0.0355. The summed E-state index contributed by atoms with van der Waals surface area (Å²) in [5.74, 6) is -0.976. The first-order valence-corrected chi connectivity index (χ1v) is 6.86. The van der Waals surface area contributed by atoms with Crippen molar-refractivity contribution in [2.45, 2.75) is 25.9 Å². The number of esters is 1. The van der Waals surface area contributed by atoms with E-state index in [0.29, 0.717) is 16.9 Å². The molecule has 1 atom stereocenters. The van der Waals surface area contributed by atoms with E-state index in [1.165, 1.54) is 11.7 Å². The SMILES string of the molecule is COC(=O)CC(C)Nc1nc(Cl)nc2ccn(CC(=O)O)c12. The van der Waals surface area contributed by atoms with E-state index in [-0.39, 0.29) is 30.3 Å². The first-order valence-electron chi connectivity index (χ1n) is 6.48. The molecule has 2 rings (SSSR count). The Labute approximate surface area is 131 Å². The number of carboxylic acids is 1. The average molecular weight is 327 g/mol. The van der Waals surface area contributed by atoms with Crippen molar-refractivity contribution in [1.82, 2.24) is 14.5 Å². The first kappa shape index (κ1) is 16.0. The van der Waals surface area contributed by atoms with Gasteiger partial charge in [-0.25, -0.2) is 4.98 Å². The number of rotatable bonds is 6. The Morgan fingerprint density at radius 2 is 2.23 bits per heavy atom. The Morgan fingerprint density at radius 3 is 2.86 bits per heavy atom. The summed E-state index contributed by atoms with van der Waals surface area (Å²) < 4.78 is 6.11. The number of hydrogen-bond donors (Lipinski definition) is 2. The van der Waals surface area contributed by atoms with Crippen LogP contribution < -0.4 is 5.32 Å². The number of nitrogens with one attached hydrogen (secondary N) is 1. The summed E-state index contributed by atoms with van der Waals surface area (Å²) in [5, 5.41) is 12.0. The van der Waals surface area contributed by atoms with Gasteiger partial charge in [0.1, 0.15) is 12.1 Å². The van der Waals surface area contributed by atoms with Crippen LogP contribution in [0, 0.1) is 0 Å². The second-order valence-corrected chi connectivity index (χ2v) is 5.08. The fourth-order valence-corrected chi connectivity index (χ4v) is 2.25. The highest BCUT2D eigenvalue weighted by molar-refractivity contribution is 6.28. The molecule has 0 amide bonds. The van der Waals surface area contributed by atoms with E-state index in [0.717, 1.165) is 0 Å². The number of hydrogen-bond acceptors (Lipinski definition) is 6. The van der Waals surface area contributed by atoms with Crippen molar-refractivity contribution in [2.24, 2.45) is 0 Å². The zero-order valence-corrected chi connectivity index (χ0v) is 12.8. The van der Waals surface area contributed by atoms with E-state index in [1.807, 2.05) is 0 Å². The van der Waals surface area contributed by atoms with Crippen LogP contribution in [0.25, 0.3) is 11.0 Å². The summed E-state index contributed by atoms with van der Waals surface area (Å²) in [6, 6.07) is 1.39. The molecule has 2 aromatic rings. The molecule has 8 nitrogen and oxygen atoms in total. The van der Waals surface area contributed by atoms with E-state index in [4.69, 9.17) is 16.7 Å². The first-order chi connectivity index (χ1) is 10.4. The summed E-state index contributed by atoms with van der Waals surface area (Å²) >= 11 is 5.88. The van der Waals surface area contributed by atoms with E-state index in [2.05, 4.69) is 20.0 Å². The third-order valence-corrected chi connectivity index (χ3v) is 3.14. The minimum Gasteiger partial charge on any atom is -0.480 e. The number of halogens is 1. The van der Waals surface area contributed by atoms with E-state index in [9.17, 15) is 9.59 Å². The van der Waals surface area contributed by atoms with Gasteiger partial charge in [-0.15, -0.1) is 0 Å². The van der Waals surface area contributed by atoms with Crippen LogP contribution in [0.3, 0.4) is 0 Å². The van der Waals surface area contributed by atoms with Gasteiger partial charge < -0.3 is 19.7 Å². The molecule has 0 radical (unpaired) electrons. The van der Waals surface area contributed by atoms with Gasteiger partial charge >= 0.3 is 11.9 Å². The quantitative estimate of drug-likeness (QED) is 0.612. The molecule has 2 aromatic heterocycles. The highest BCUT2D eigenvalue weighted by atomic mass is 35.5. The zero-order valence-electron chi connectivity index (χ0n) is 12.0. The molecule has 0 bridgehead atoms. The maximum Gasteiger partial charge on any atom is 0.323 e. The molecule has 22 heavy (non-hydrogen) atoms. The molecular formula is C13H15ClN4O4. The Hall–Kier alpha value is -2.35. The Bertz CT molecular complexity index is 715. The monoisotopic (exact) mass is 326 g/mol. The lowest BCUT2D eigenvalue weighted by Gasteiger charge is -2.15. The van der Waals surface area contributed by atoms with E-state index >= 15 is 0 Å². The molecule has 0 aliphatic rings. The largest absolute Gasteiger partial charge is 0.480 e. The fourth-order valence-electron chi connectivity index (χ4n) is 2.07. The van der Waals surface area contributed by atoms with Gasteiger partial charge in [-0.05, 0) is 24.6 Å². The lowest BCUT2D eigenvalue weighted by atomic mass is 10.2. The molecule has 0 aromatic carbocycles. The van der Waals surface area contributed by atoms with Crippen LogP contribution in [0.4, 0.5) is 5.82 Å². The number of fused-ring (bicyclic) bond motifs is 1. The Balaban J connectivity index is 2.36. The van der Waals surface area contributed by atoms with Crippen molar-refractivity contribution in [2.75, 3.05) is 12.4 Å². The van der Waals surface area contributed by atoms with Crippen LogP contribution in [-0.2, 0) is 20.9 Å². The van der Waals surface area contributed by atoms with Crippen molar-refractivity contribution < 1.29 is 19.4 Å². The number of carbonyl (C=O) groups is 2. The summed E-state index contributed by atoms with van der Waals surface area (Å²) in [6.07, 6.45) is 1.74. The van der Waals surface area contributed by atoms with Gasteiger partial charge in [0.05, 0.1) is 19.0 Å². The summed E-state index contributed by atoms with van der Waals surface area (Å²) in [4.78, 5) is 30.4. The predicted octanol–water partition coefficient (Wildman–Crippen LogP) is 1.53. The van der Waals surface area contributed by atoms with Gasteiger partial charge in [-0.2, -0.15) is 4.98 Å². The molecule has 1 unspecified atom stereocenters. The van der Waals surface area contributed by atoms with Gasteiger partial charge in [0, 0.05) is 12.2 Å². The number of aliphatic carboxylic acids is 1. The second kappa shape index (κ2) is 6.61. The number of anilines is 1. The van der Waals surface area contributed by atoms with Crippen molar-refractivity contribution in [1.29, 1.82) is 0 Å². The van der Waals surface area contributed by atoms with Crippen molar-refractivity contribution in [3.8, 4) is 0 Å². The third kappa shape index (κ3) is 3.64. The summed E-state index contributed by atoms with van der Waals surface area (Å²) in [7, 11) is 1.31. The second-order valence-electron chi connectivity index (χ2n) is 4.74. The number of ether oxygens (including phenoxy) is 1. The van der Waals surface area contributed by atoms with Crippen LogP contribution in [0.5, 0.6) is 0 Å². The zero-order chi connectivity index (χ0) is 16.3. The topological polar surface area (TPSA) is 106 Å². The standard InChI is InChI=1S/C13H15ClN4O4/c1-7(5-10(21)22-2)15-12-11-8(16-13(14)17-12)3-4-18(11)6-9(19)20/h3-4,7H,5-6H2,1-2H3,(H,19,20)(H,15,16,17). The molecule has 0 aliphatic carbocycles. The summed E-state index contributed by atoms with van der Waals surface area (Å²) in [5.41, 5.74) is 1.04. The van der Waals surface area contributed by atoms with E-state index < -0.39 is 5.97 Å². The number of methoxy groups -OCH3 is 1. The molecule has 0 fully saturated rings. The van der Waals surface area contributed by atoms with Crippen LogP contribution in [-0.4, -0.2) is 44.7 Å². The smallest absolute Gasteiger partial charge is 0.323 e. The lowest BCUT2D eigenvalue weighted by Crippen LogP contribution is -2.22. The number of aromatic nitrogens is 3. The number of carboxylic acid groups (broad SMARTS) is 1. The lowest BCUT2D eigenvalue weighted by molar-refractivity contribution is -0.141. The van der Waals surface area contributed by atoms with Gasteiger partial charge in [0.2, 0.25) is 5.28 Å². The maximum absolute atomic E-state index is 11.3. The molecule has 2 heterocycles. The average Bonchev–Trinajstić information content (AvgIpc) is 2.80. The molecule has 0 aliphatic heterocycles. The molecule has 9 heteroatoms. The molecular weight excluding hydrogens is 312 g/mol.